The minimum Gasteiger partial charge on any atom is -0.309 e. The van der Waals surface area contributed by atoms with Gasteiger partial charge in [0, 0.05) is 69.8 Å². The maximum absolute atomic E-state index is 5.30. The quantitative estimate of drug-likeness (QED) is 0.160. The van der Waals surface area contributed by atoms with Crippen molar-refractivity contribution >= 4 is 75.1 Å². The van der Waals surface area contributed by atoms with E-state index in [4.69, 9.17) is 15.0 Å². The number of para-hydroxylation sites is 2. The van der Waals surface area contributed by atoms with Crippen LogP contribution in [0.15, 0.2) is 237 Å². The van der Waals surface area contributed by atoms with Gasteiger partial charge in [0.25, 0.3) is 0 Å². The van der Waals surface area contributed by atoms with E-state index in [1.807, 2.05) is 24.3 Å². The normalized spacial score (nSPS) is 11.8. The van der Waals surface area contributed by atoms with Crippen LogP contribution in [-0.2, 0) is 0 Å². The first-order valence-electron chi connectivity index (χ1n) is 23.3. The van der Waals surface area contributed by atoms with E-state index in [0.29, 0.717) is 17.5 Å². The first kappa shape index (κ1) is 39.2. The summed E-state index contributed by atoms with van der Waals surface area (Å²) in [4.78, 5) is 15.7. The summed E-state index contributed by atoms with van der Waals surface area (Å²) in [5.41, 5.74) is 14.4. The minimum absolute atomic E-state index is 0.635. The van der Waals surface area contributed by atoms with Crippen molar-refractivity contribution in [2.24, 2.45) is 0 Å². The third-order valence-corrected chi connectivity index (χ3v) is 14.7. The maximum atomic E-state index is 5.30. The summed E-state index contributed by atoms with van der Waals surface area (Å²) in [6, 6.07) is 84.6. The van der Waals surface area contributed by atoms with Gasteiger partial charge in [-0.1, -0.05) is 170 Å². The lowest BCUT2D eigenvalue weighted by Gasteiger charge is -2.11. The second-order valence-corrected chi connectivity index (χ2v) is 18.7. The fourth-order valence-electron chi connectivity index (χ4n) is 10.4. The minimum atomic E-state index is 0.635. The Morgan fingerprint density at radius 2 is 0.768 bits per heavy atom. The largest absolute Gasteiger partial charge is 0.309 e. The Hall–Kier alpha value is -8.97. The van der Waals surface area contributed by atoms with E-state index in [-0.39, 0.29) is 0 Å². The monoisotopic (exact) mass is 897 g/mol. The Balaban J connectivity index is 0.956. The summed E-state index contributed by atoms with van der Waals surface area (Å²) in [6.07, 6.45) is 0. The second-order valence-electron chi connectivity index (χ2n) is 17.6. The van der Waals surface area contributed by atoms with Crippen LogP contribution in [0.2, 0.25) is 0 Å². The standard InChI is InChI=1S/C63H39N5S/c1-4-16-40(17-5-1)42-30-32-46(33-31-42)67-54-27-12-10-24-48(54)51-39-57-52(38-56(51)67)49-25-11-13-28-55(49)68(57)47-34-35-58-53(37-47)60-50(26-15-29-59(60)69-58)63-65-61(43-20-8-3-9-21-43)64-62(66-63)45-23-14-22-44(36-45)41-18-6-2-7-19-41/h1-39H. The highest BCUT2D eigenvalue weighted by atomic mass is 32.1. The molecule has 322 valence electrons. The number of fused-ring (bicyclic) bond motifs is 9. The number of aromatic nitrogens is 5. The van der Waals surface area contributed by atoms with Gasteiger partial charge < -0.3 is 9.13 Å². The highest BCUT2D eigenvalue weighted by Gasteiger charge is 2.21. The molecule has 6 heteroatoms. The van der Waals surface area contributed by atoms with Crippen molar-refractivity contribution in [1.82, 2.24) is 24.1 Å². The van der Waals surface area contributed by atoms with Gasteiger partial charge in [0.2, 0.25) is 0 Å². The Morgan fingerprint density at radius 1 is 0.275 bits per heavy atom. The van der Waals surface area contributed by atoms with Gasteiger partial charge in [0.1, 0.15) is 0 Å². The molecule has 0 N–H and O–H groups in total. The van der Waals surface area contributed by atoms with Crippen LogP contribution in [0.1, 0.15) is 0 Å². The molecule has 14 rings (SSSR count). The Morgan fingerprint density at radius 3 is 1.43 bits per heavy atom. The van der Waals surface area contributed by atoms with E-state index < -0.39 is 0 Å². The smallest absolute Gasteiger partial charge is 0.164 e. The molecule has 10 aromatic carbocycles. The molecule has 0 fully saturated rings. The summed E-state index contributed by atoms with van der Waals surface area (Å²) in [5.74, 6) is 1.92. The van der Waals surface area contributed by atoms with Crippen molar-refractivity contribution < 1.29 is 0 Å². The molecule has 14 aromatic rings. The first-order chi connectivity index (χ1) is 34.2. The summed E-state index contributed by atoms with van der Waals surface area (Å²) < 4.78 is 7.26. The van der Waals surface area contributed by atoms with Crippen molar-refractivity contribution in [2.45, 2.75) is 0 Å². The highest BCUT2D eigenvalue weighted by molar-refractivity contribution is 7.26. The van der Waals surface area contributed by atoms with Gasteiger partial charge in [-0.2, -0.15) is 0 Å². The SMILES string of the molecule is c1ccc(-c2ccc(-n3c4ccccc4c4cc5c(cc43)c3ccccc3n5-c3ccc4sc5cccc(-c6nc(-c7ccccc7)nc(-c7cccc(-c8ccccc8)c7)n6)c5c4c3)cc2)cc1. The van der Waals surface area contributed by atoms with Gasteiger partial charge in [-0.05, 0) is 89.0 Å². The zero-order valence-electron chi connectivity index (χ0n) is 37.2. The molecular formula is C63H39N5S. The molecular weight excluding hydrogens is 859 g/mol. The lowest BCUT2D eigenvalue weighted by molar-refractivity contribution is 1.08. The number of hydrogen-bond acceptors (Lipinski definition) is 4. The molecule has 4 heterocycles. The molecule has 0 aliphatic carbocycles. The first-order valence-corrected chi connectivity index (χ1v) is 24.1. The molecule has 0 radical (unpaired) electrons. The fourth-order valence-corrected chi connectivity index (χ4v) is 11.5. The van der Waals surface area contributed by atoms with Crippen LogP contribution >= 0.6 is 11.3 Å². The molecule has 0 bridgehead atoms. The molecule has 0 aliphatic heterocycles. The van der Waals surface area contributed by atoms with E-state index in [1.165, 1.54) is 58.5 Å². The average Bonchev–Trinajstić information content (AvgIpc) is 4.08. The number of nitrogens with zero attached hydrogens (tertiary/aromatic N) is 5. The molecule has 0 saturated carbocycles. The van der Waals surface area contributed by atoms with E-state index in [0.717, 1.165) is 55.6 Å². The van der Waals surface area contributed by atoms with Gasteiger partial charge >= 0.3 is 0 Å². The van der Waals surface area contributed by atoms with E-state index in [9.17, 15) is 0 Å². The average molecular weight is 898 g/mol. The predicted octanol–water partition coefficient (Wildman–Crippen LogP) is 16.8. The van der Waals surface area contributed by atoms with E-state index in [2.05, 4.69) is 221 Å². The maximum Gasteiger partial charge on any atom is 0.164 e. The summed E-state index contributed by atoms with van der Waals surface area (Å²) in [5, 5.41) is 7.16. The third kappa shape index (κ3) is 6.49. The zero-order chi connectivity index (χ0) is 45.4. The fraction of sp³-hybridized carbons (Fsp3) is 0. The molecule has 5 nitrogen and oxygen atoms in total. The lowest BCUT2D eigenvalue weighted by atomic mass is 10.0. The van der Waals surface area contributed by atoms with Crippen LogP contribution in [0, 0.1) is 0 Å². The molecule has 0 saturated heterocycles. The molecule has 0 spiro atoms. The van der Waals surface area contributed by atoms with Crippen molar-refractivity contribution in [3.05, 3.63) is 237 Å². The van der Waals surface area contributed by atoms with Crippen molar-refractivity contribution in [3.63, 3.8) is 0 Å². The van der Waals surface area contributed by atoms with Crippen molar-refractivity contribution in [3.8, 4) is 67.8 Å². The van der Waals surface area contributed by atoms with Crippen LogP contribution in [-0.4, -0.2) is 24.1 Å². The van der Waals surface area contributed by atoms with Crippen LogP contribution in [0.4, 0.5) is 0 Å². The molecule has 69 heavy (non-hydrogen) atoms. The molecule has 0 amide bonds. The Bertz CT molecular complexity index is 4280. The zero-order valence-corrected chi connectivity index (χ0v) is 38.0. The van der Waals surface area contributed by atoms with Gasteiger partial charge in [-0.3, -0.25) is 0 Å². The van der Waals surface area contributed by atoms with Crippen LogP contribution in [0.3, 0.4) is 0 Å². The number of rotatable bonds is 7. The number of thiophene rings is 1. The summed E-state index contributed by atoms with van der Waals surface area (Å²) in [6.45, 7) is 0. The van der Waals surface area contributed by atoms with Gasteiger partial charge in [0.05, 0.1) is 22.1 Å². The molecule has 0 aliphatic rings. The van der Waals surface area contributed by atoms with Crippen molar-refractivity contribution in [2.75, 3.05) is 0 Å². The Labute approximate surface area is 401 Å². The topological polar surface area (TPSA) is 48.5 Å². The second kappa shape index (κ2) is 15.8. The van der Waals surface area contributed by atoms with E-state index >= 15 is 0 Å². The lowest BCUT2D eigenvalue weighted by Crippen LogP contribution is -2.00. The molecule has 0 atom stereocenters. The number of benzene rings is 10. The third-order valence-electron chi connectivity index (χ3n) is 13.6. The van der Waals surface area contributed by atoms with Crippen molar-refractivity contribution in [1.29, 1.82) is 0 Å². The predicted molar refractivity (Wildman–Crippen MR) is 289 cm³/mol. The van der Waals surface area contributed by atoms with Gasteiger partial charge in [0.15, 0.2) is 17.5 Å². The summed E-state index contributed by atoms with van der Waals surface area (Å²) >= 11 is 1.80. The van der Waals surface area contributed by atoms with E-state index in [1.54, 1.807) is 11.3 Å². The van der Waals surface area contributed by atoms with Crippen LogP contribution in [0.5, 0.6) is 0 Å². The molecule has 0 unspecified atom stereocenters. The van der Waals surface area contributed by atoms with Gasteiger partial charge in [-0.25, -0.2) is 15.0 Å². The Kier molecular flexibility index (Phi) is 9.00. The van der Waals surface area contributed by atoms with Crippen LogP contribution < -0.4 is 0 Å². The molecule has 4 aromatic heterocycles. The summed E-state index contributed by atoms with van der Waals surface area (Å²) in [7, 11) is 0. The highest BCUT2D eigenvalue weighted by Crippen LogP contribution is 2.44. The van der Waals surface area contributed by atoms with Gasteiger partial charge in [-0.15, -0.1) is 11.3 Å². The van der Waals surface area contributed by atoms with Crippen LogP contribution in [0.25, 0.3) is 132 Å². The number of hydrogen-bond donors (Lipinski definition) is 0.